The third kappa shape index (κ3) is 5.99. The largest absolute Gasteiger partial charge is 0.243 e. The molecule has 1 fully saturated rings. The molecule has 5 rings (SSSR count). The Balaban J connectivity index is 1.63. The minimum Gasteiger partial charge on any atom is -0.240 e. The minimum absolute atomic E-state index is 0.0736. The molecule has 0 radical (unpaired) electrons. The average molecular weight is 607 g/mol. The maximum atomic E-state index is 13.5. The molecule has 1 aliphatic rings. The molecule has 41 heavy (non-hydrogen) atoms. The summed E-state index contributed by atoms with van der Waals surface area (Å²) in [7, 11) is -7.92. The first-order chi connectivity index (χ1) is 19.6. The van der Waals surface area contributed by atoms with E-state index in [1.165, 1.54) is 34.6 Å². The number of nitrogens with zero attached hydrogens (tertiary/aromatic N) is 4. The summed E-state index contributed by atoms with van der Waals surface area (Å²) in [5.74, 6) is 0.270. The van der Waals surface area contributed by atoms with Crippen LogP contribution in [-0.2, 0) is 19.9 Å². The SMILES string of the molecule is CC1CCCN(S(=O)(=O)c2cccc(-c3nn(-c4ccccc4)cc3/C=C(/C#N)S(=O)(=O)c3ccc(Cl)cc3)c2)C1. The van der Waals surface area contributed by atoms with Crippen LogP contribution in [0.2, 0.25) is 5.02 Å². The standard InChI is InChI=1S/C30H27ClN4O4S2/c1-22-7-6-16-34(20-22)41(38,39)28-11-5-8-23(17-28)30-24(21-35(33-30)26-9-3-2-4-10-26)18-29(19-32)40(36,37)27-14-12-25(31)13-15-27/h2-5,8-15,17-18,21-22H,6-7,16,20H2,1H3/b29-18-. The van der Waals surface area contributed by atoms with Crippen LogP contribution in [0.1, 0.15) is 25.3 Å². The number of benzene rings is 3. The van der Waals surface area contributed by atoms with Crippen molar-refractivity contribution in [2.45, 2.75) is 29.6 Å². The Morgan fingerprint density at radius 3 is 2.41 bits per heavy atom. The molecule has 0 spiro atoms. The Morgan fingerprint density at radius 2 is 1.73 bits per heavy atom. The smallest absolute Gasteiger partial charge is 0.240 e. The fraction of sp³-hybridized carbons (Fsp3) is 0.200. The lowest BCUT2D eigenvalue weighted by atomic mass is 10.0. The number of sulfonamides is 1. The van der Waals surface area contributed by atoms with Crippen LogP contribution < -0.4 is 0 Å². The molecule has 4 aromatic rings. The molecule has 1 aliphatic heterocycles. The zero-order valence-electron chi connectivity index (χ0n) is 22.2. The number of piperidine rings is 1. The van der Waals surface area contributed by atoms with E-state index >= 15 is 0 Å². The summed E-state index contributed by atoms with van der Waals surface area (Å²) >= 11 is 5.92. The van der Waals surface area contributed by atoms with Crippen LogP contribution >= 0.6 is 11.6 Å². The zero-order chi connectivity index (χ0) is 29.2. The predicted molar refractivity (Wildman–Crippen MR) is 158 cm³/mol. The lowest BCUT2D eigenvalue weighted by Gasteiger charge is -2.30. The van der Waals surface area contributed by atoms with Crippen molar-refractivity contribution in [1.29, 1.82) is 5.26 Å². The van der Waals surface area contributed by atoms with E-state index in [0.29, 0.717) is 40.6 Å². The zero-order valence-corrected chi connectivity index (χ0v) is 24.6. The van der Waals surface area contributed by atoms with Gasteiger partial charge in [0.25, 0.3) is 0 Å². The van der Waals surface area contributed by atoms with Crippen molar-refractivity contribution in [2.75, 3.05) is 13.1 Å². The third-order valence-electron chi connectivity index (χ3n) is 6.94. The van der Waals surface area contributed by atoms with Gasteiger partial charge in [0.2, 0.25) is 19.9 Å². The fourth-order valence-electron chi connectivity index (χ4n) is 4.80. The second-order valence-electron chi connectivity index (χ2n) is 9.93. The quantitative estimate of drug-likeness (QED) is 0.240. The molecular weight excluding hydrogens is 580 g/mol. The highest BCUT2D eigenvalue weighted by atomic mass is 35.5. The van der Waals surface area contributed by atoms with Crippen molar-refractivity contribution < 1.29 is 16.8 Å². The molecule has 3 aromatic carbocycles. The van der Waals surface area contributed by atoms with Crippen molar-refractivity contribution in [2.24, 2.45) is 5.92 Å². The molecular formula is C30H27ClN4O4S2. The molecule has 11 heteroatoms. The second kappa shape index (κ2) is 11.6. The van der Waals surface area contributed by atoms with Gasteiger partial charge in [0.15, 0.2) is 0 Å². The first-order valence-corrected chi connectivity index (χ1v) is 16.3. The second-order valence-corrected chi connectivity index (χ2v) is 14.2. The van der Waals surface area contributed by atoms with Gasteiger partial charge in [0.05, 0.1) is 15.5 Å². The van der Waals surface area contributed by atoms with Crippen LogP contribution in [0.4, 0.5) is 0 Å². The molecule has 8 nitrogen and oxygen atoms in total. The molecule has 210 valence electrons. The van der Waals surface area contributed by atoms with Gasteiger partial charge in [-0.15, -0.1) is 0 Å². The van der Waals surface area contributed by atoms with Crippen molar-refractivity contribution >= 4 is 37.5 Å². The van der Waals surface area contributed by atoms with Crippen LogP contribution in [0.15, 0.2) is 99.8 Å². The van der Waals surface area contributed by atoms with E-state index in [2.05, 4.69) is 0 Å². The number of hydrogen-bond acceptors (Lipinski definition) is 6. The fourth-order valence-corrected chi connectivity index (χ4v) is 7.72. The molecule has 0 aliphatic carbocycles. The monoisotopic (exact) mass is 606 g/mol. The van der Waals surface area contributed by atoms with Crippen LogP contribution in [0.5, 0.6) is 0 Å². The number of rotatable bonds is 7. The van der Waals surface area contributed by atoms with Crippen LogP contribution in [0, 0.1) is 17.2 Å². The molecule has 0 saturated carbocycles. The van der Waals surface area contributed by atoms with Gasteiger partial charge in [-0.05, 0) is 73.4 Å². The summed E-state index contributed by atoms with van der Waals surface area (Å²) in [6.07, 6.45) is 4.67. The molecule has 1 unspecified atom stereocenters. The number of hydrogen-bond donors (Lipinski definition) is 0. The van der Waals surface area contributed by atoms with Gasteiger partial charge in [-0.1, -0.05) is 48.9 Å². The first-order valence-electron chi connectivity index (χ1n) is 13.0. The number of halogens is 1. The number of aromatic nitrogens is 2. The number of nitriles is 1. The van der Waals surface area contributed by atoms with E-state index in [4.69, 9.17) is 16.7 Å². The Bertz CT molecular complexity index is 1860. The first kappa shape index (κ1) is 28.8. The Labute approximate surface area is 245 Å². The normalized spacial score (nSPS) is 16.8. The van der Waals surface area contributed by atoms with E-state index in [1.54, 1.807) is 35.1 Å². The van der Waals surface area contributed by atoms with Crippen molar-refractivity contribution in [3.8, 4) is 23.0 Å². The van der Waals surface area contributed by atoms with Crippen LogP contribution in [0.25, 0.3) is 23.0 Å². The Morgan fingerprint density at radius 1 is 1.00 bits per heavy atom. The van der Waals surface area contributed by atoms with Crippen molar-refractivity contribution in [3.05, 3.63) is 101 Å². The summed E-state index contributed by atoms with van der Waals surface area (Å²) in [4.78, 5) is -0.433. The van der Waals surface area contributed by atoms with Crippen molar-refractivity contribution in [1.82, 2.24) is 14.1 Å². The molecule has 2 heterocycles. The van der Waals surface area contributed by atoms with Gasteiger partial charge in [0.1, 0.15) is 16.7 Å². The maximum Gasteiger partial charge on any atom is 0.243 e. The highest BCUT2D eigenvalue weighted by molar-refractivity contribution is 7.95. The highest BCUT2D eigenvalue weighted by Crippen LogP contribution is 2.31. The van der Waals surface area contributed by atoms with Gasteiger partial charge in [-0.25, -0.2) is 21.5 Å². The molecule has 0 bridgehead atoms. The highest BCUT2D eigenvalue weighted by Gasteiger charge is 2.29. The van der Waals surface area contributed by atoms with E-state index in [9.17, 15) is 22.1 Å². The van der Waals surface area contributed by atoms with E-state index in [-0.39, 0.29) is 15.7 Å². The van der Waals surface area contributed by atoms with E-state index in [1.807, 2.05) is 43.3 Å². The Hall–Kier alpha value is -3.75. The molecule has 0 N–H and O–H groups in total. The van der Waals surface area contributed by atoms with Crippen LogP contribution in [0.3, 0.4) is 0 Å². The number of allylic oxidation sites excluding steroid dienone is 1. The Kier molecular flexibility index (Phi) is 8.16. The summed E-state index contributed by atoms with van der Waals surface area (Å²) in [5.41, 5.74) is 1.85. The minimum atomic E-state index is -4.17. The number of sulfone groups is 1. The van der Waals surface area contributed by atoms with Gasteiger partial charge in [-0.3, -0.25) is 0 Å². The maximum absolute atomic E-state index is 13.5. The lowest BCUT2D eigenvalue weighted by Crippen LogP contribution is -2.39. The summed E-state index contributed by atoms with van der Waals surface area (Å²) in [6.45, 7) is 2.96. The summed E-state index contributed by atoms with van der Waals surface area (Å²) in [6, 6.07) is 23.0. The topological polar surface area (TPSA) is 113 Å². The number of para-hydroxylation sites is 1. The summed E-state index contributed by atoms with van der Waals surface area (Å²) in [5, 5.41) is 15.0. The predicted octanol–water partition coefficient (Wildman–Crippen LogP) is 5.95. The lowest BCUT2D eigenvalue weighted by molar-refractivity contribution is 0.281. The average Bonchev–Trinajstić information content (AvgIpc) is 3.40. The third-order valence-corrected chi connectivity index (χ3v) is 10.7. The van der Waals surface area contributed by atoms with Gasteiger partial charge >= 0.3 is 0 Å². The van der Waals surface area contributed by atoms with Gasteiger partial charge in [-0.2, -0.15) is 14.7 Å². The van der Waals surface area contributed by atoms with Crippen molar-refractivity contribution in [3.63, 3.8) is 0 Å². The summed E-state index contributed by atoms with van der Waals surface area (Å²) < 4.78 is 56.8. The van der Waals surface area contributed by atoms with E-state index in [0.717, 1.165) is 12.8 Å². The molecule has 1 saturated heterocycles. The van der Waals surface area contributed by atoms with Gasteiger partial charge in [0, 0.05) is 35.4 Å². The molecule has 0 amide bonds. The molecule has 1 aromatic heterocycles. The van der Waals surface area contributed by atoms with E-state index < -0.39 is 24.8 Å². The molecule has 1 atom stereocenters. The van der Waals surface area contributed by atoms with Crippen LogP contribution in [-0.4, -0.2) is 44.0 Å². The van der Waals surface area contributed by atoms with Gasteiger partial charge < -0.3 is 0 Å².